The summed E-state index contributed by atoms with van der Waals surface area (Å²) in [5.74, 6) is -0.134. The number of anilines is 2. The van der Waals surface area contributed by atoms with Crippen LogP contribution >= 0.6 is 0 Å². The van der Waals surface area contributed by atoms with Gasteiger partial charge in [-0.2, -0.15) is 0 Å². The van der Waals surface area contributed by atoms with Gasteiger partial charge in [-0.3, -0.25) is 4.72 Å². The first kappa shape index (κ1) is 13.1. The SMILES string of the molecule is Nc1ccc(NS(=O)(=O)C2CCS(=O)(=O)C2)cn1. The maximum Gasteiger partial charge on any atom is 0.236 e. The highest BCUT2D eigenvalue weighted by Crippen LogP contribution is 2.21. The third kappa shape index (κ3) is 2.91. The molecule has 0 spiro atoms. The van der Waals surface area contributed by atoms with Gasteiger partial charge < -0.3 is 5.73 Å². The summed E-state index contributed by atoms with van der Waals surface area (Å²) in [4.78, 5) is 3.75. The lowest BCUT2D eigenvalue weighted by Gasteiger charge is -2.12. The van der Waals surface area contributed by atoms with E-state index in [0.29, 0.717) is 0 Å². The second-order valence-corrected chi connectivity index (χ2v) is 8.33. The number of nitrogens with two attached hydrogens (primary N) is 1. The lowest BCUT2D eigenvalue weighted by molar-refractivity contribution is 0.587. The van der Waals surface area contributed by atoms with Crippen LogP contribution in [0.4, 0.5) is 11.5 Å². The standard InChI is InChI=1S/C9H13N3O4S2/c10-9-2-1-7(5-11-9)12-18(15,16)8-3-4-17(13,14)6-8/h1-2,5,8,12H,3-4,6H2,(H2,10,11). The van der Waals surface area contributed by atoms with Gasteiger partial charge in [0.2, 0.25) is 10.0 Å². The Kier molecular flexibility index (Phi) is 3.20. The van der Waals surface area contributed by atoms with E-state index >= 15 is 0 Å². The van der Waals surface area contributed by atoms with E-state index in [4.69, 9.17) is 5.73 Å². The average Bonchev–Trinajstić information content (AvgIpc) is 2.63. The van der Waals surface area contributed by atoms with E-state index < -0.39 is 25.1 Å². The van der Waals surface area contributed by atoms with Crippen LogP contribution in [0.1, 0.15) is 6.42 Å². The van der Waals surface area contributed by atoms with Gasteiger partial charge in [0.05, 0.1) is 28.6 Å². The Hall–Kier alpha value is -1.35. The van der Waals surface area contributed by atoms with Gasteiger partial charge >= 0.3 is 0 Å². The van der Waals surface area contributed by atoms with E-state index in [-0.39, 0.29) is 29.4 Å². The minimum Gasteiger partial charge on any atom is -0.384 e. The number of nitrogen functional groups attached to an aromatic ring is 1. The molecule has 1 aliphatic heterocycles. The van der Waals surface area contributed by atoms with Gasteiger partial charge in [0.25, 0.3) is 0 Å². The molecular weight excluding hydrogens is 278 g/mol. The number of sulfone groups is 1. The molecule has 0 radical (unpaired) electrons. The van der Waals surface area contributed by atoms with Crippen molar-refractivity contribution in [1.82, 2.24) is 4.98 Å². The molecule has 0 aromatic carbocycles. The molecule has 1 unspecified atom stereocenters. The Morgan fingerprint density at radius 2 is 2.11 bits per heavy atom. The van der Waals surface area contributed by atoms with Gasteiger partial charge in [0.1, 0.15) is 5.82 Å². The molecule has 0 aliphatic carbocycles. The van der Waals surface area contributed by atoms with Gasteiger partial charge in [-0.1, -0.05) is 0 Å². The Morgan fingerprint density at radius 1 is 1.39 bits per heavy atom. The molecule has 18 heavy (non-hydrogen) atoms. The molecule has 1 saturated heterocycles. The van der Waals surface area contributed by atoms with Gasteiger partial charge in [0, 0.05) is 0 Å². The number of aromatic nitrogens is 1. The van der Waals surface area contributed by atoms with Crippen molar-refractivity contribution in [2.75, 3.05) is 22.0 Å². The highest BCUT2D eigenvalue weighted by molar-refractivity contribution is 7.97. The molecule has 0 saturated carbocycles. The fourth-order valence-electron chi connectivity index (χ4n) is 1.72. The second-order valence-electron chi connectivity index (χ2n) is 4.14. The fraction of sp³-hybridized carbons (Fsp3) is 0.444. The van der Waals surface area contributed by atoms with Crippen molar-refractivity contribution in [2.45, 2.75) is 11.7 Å². The van der Waals surface area contributed by atoms with Crippen molar-refractivity contribution in [3.8, 4) is 0 Å². The van der Waals surface area contributed by atoms with E-state index in [1.807, 2.05) is 0 Å². The molecule has 3 N–H and O–H groups in total. The molecule has 100 valence electrons. The third-order valence-corrected chi connectivity index (χ3v) is 6.46. The quantitative estimate of drug-likeness (QED) is 0.781. The molecule has 7 nitrogen and oxygen atoms in total. The number of pyridine rings is 1. The predicted octanol–water partition coefficient (Wildman–Crippen LogP) is -0.407. The molecular formula is C9H13N3O4S2. The molecule has 0 bridgehead atoms. The topological polar surface area (TPSA) is 119 Å². The molecule has 1 aromatic heterocycles. The zero-order chi connectivity index (χ0) is 13.4. The van der Waals surface area contributed by atoms with Gasteiger partial charge in [0.15, 0.2) is 9.84 Å². The maximum atomic E-state index is 11.9. The Bertz CT molecular complexity index is 637. The largest absolute Gasteiger partial charge is 0.384 e. The van der Waals surface area contributed by atoms with Crippen molar-refractivity contribution in [1.29, 1.82) is 0 Å². The van der Waals surface area contributed by atoms with Gasteiger partial charge in [-0.15, -0.1) is 0 Å². The number of hydrogen-bond acceptors (Lipinski definition) is 6. The normalized spacial score (nSPS) is 22.8. The zero-order valence-corrected chi connectivity index (χ0v) is 11.0. The lowest BCUT2D eigenvalue weighted by atomic mass is 10.4. The van der Waals surface area contributed by atoms with Crippen LogP contribution in [-0.4, -0.2) is 38.6 Å². The van der Waals surface area contributed by atoms with Crippen molar-refractivity contribution in [3.05, 3.63) is 18.3 Å². The summed E-state index contributed by atoms with van der Waals surface area (Å²) in [7, 11) is -6.94. The summed E-state index contributed by atoms with van der Waals surface area (Å²) in [6.45, 7) is 0. The summed E-state index contributed by atoms with van der Waals surface area (Å²) in [6, 6.07) is 2.94. The van der Waals surface area contributed by atoms with Crippen molar-refractivity contribution < 1.29 is 16.8 Å². The number of hydrogen-bond donors (Lipinski definition) is 2. The molecule has 1 atom stereocenters. The van der Waals surface area contributed by atoms with Crippen molar-refractivity contribution in [2.24, 2.45) is 0 Å². The van der Waals surface area contributed by atoms with Crippen LogP contribution in [0.25, 0.3) is 0 Å². The smallest absolute Gasteiger partial charge is 0.236 e. The summed E-state index contributed by atoms with van der Waals surface area (Å²) >= 11 is 0. The number of nitrogens with zero attached hydrogens (tertiary/aromatic N) is 1. The Labute approximate surface area is 105 Å². The second kappa shape index (κ2) is 4.39. The predicted molar refractivity (Wildman–Crippen MR) is 68.3 cm³/mol. The van der Waals surface area contributed by atoms with Gasteiger partial charge in [-0.25, -0.2) is 21.8 Å². The number of nitrogens with one attached hydrogen (secondary N) is 1. The first-order valence-electron chi connectivity index (χ1n) is 5.22. The van der Waals surface area contributed by atoms with E-state index in [2.05, 4.69) is 9.71 Å². The first-order valence-corrected chi connectivity index (χ1v) is 8.59. The van der Waals surface area contributed by atoms with E-state index in [1.54, 1.807) is 0 Å². The highest BCUT2D eigenvalue weighted by atomic mass is 32.2. The molecule has 1 aliphatic rings. The highest BCUT2D eigenvalue weighted by Gasteiger charge is 2.37. The van der Waals surface area contributed by atoms with Crippen LogP contribution in [0, 0.1) is 0 Å². The summed E-state index contributed by atoms with van der Waals surface area (Å²) < 4.78 is 48.7. The van der Waals surface area contributed by atoms with Crippen LogP contribution in [0.3, 0.4) is 0 Å². The minimum atomic E-state index is -3.71. The van der Waals surface area contributed by atoms with Crippen LogP contribution in [0.5, 0.6) is 0 Å². The molecule has 2 heterocycles. The summed E-state index contributed by atoms with van der Waals surface area (Å²) in [5.41, 5.74) is 5.65. The van der Waals surface area contributed by atoms with Crippen molar-refractivity contribution >= 4 is 31.4 Å². The Morgan fingerprint density at radius 3 is 2.61 bits per heavy atom. The molecule has 9 heteroatoms. The minimum absolute atomic E-state index is 0.0848. The molecule has 2 rings (SSSR count). The molecule has 1 aromatic rings. The molecule has 0 amide bonds. The van der Waals surface area contributed by atoms with E-state index in [0.717, 1.165) is 0 Å². The van der Waals surface area contributed by atoms with Gasteiger partial charge in [-0.05, 0) is 18.6 Å². The van der Waals surface area contributed by atoms with Crippen molar-refractivity contribution in [3.63, 3.8) is 0 Å². The monoisotopic (exact) mass is 291 g/mol. The fourth-order valence-corrected chi connectivity index (χ4v) is 5.79. The van der Waals surface area contributed by atoms with E-state index in [9.17, 15) is 16.8 Å². The van der Waals surface area contributed by atoms with Crippen LogP contribution in [0.2, 0.25) is 0 Å². The number of rotatable bonds is 3. The van der Waals surface area contributed by atoms with Crippen LogP contribution in [-0.2, 0) is 19.9 Å². The average molecular weight is 291 g/mol. The Balaban J connectivity index is 2.15. The first-order chi connectivity index (χ1) is 8.28. The molecule has 1 fully saturated rings. The maximum absolute atomic E-state index is 11.9. The zero-order valence-electron chi connectivity index (χ0n) is 9.40. The number of sulfonamides is 1. The summed E-state index contributed by atoms with van der Waals surface area (Å²) in [6.07, 6.45) is 1.41. The third-order valence-electron chi connectivity index (χ3n) is 2.68. The summed E-state index contributed by atoms with van der Waals surface area (Å²) in [5, 5.41) is -0.903. The lowest BCUT2D eigenvalue weighted by Crippen LogP contribution is -2.28. The van der Waals surface area contributed by atoms with E-state index in [1.165, 1.54) is 18.3 Å². The van der Waals surface area contributed by atoms with Crippen LogP contribution < -0.4 is 10.5 Å². The van der Waals surface area contributed by atoms with Crippen LogP contribution in [0.15, 0.2) is 18.3 Å².